The van der Waals surface area contributed by atoms with E-state index < -0.39 is 0 Å². The molecule has 0 unspecified atom stereocenters. The number of nitrogens with one attached hydrogen (secondary N) is 2. The fraction of sp³-hybridized carbons (Fsp3) is 0.0909. The van der Waals surface area contributed by atoms with Gasteiger partial charge in [-0.05, 0) is 12.1 Å². The van der Waals surface area contributed by atoms with Crippen LogP contribution in [0.3, 0.4) is 0 Å². The second-order valence-electron chi connectivity index (χ2n) is 3.71. The van der Waals surface area contributed by atoms with Gasteiger partial charge < -0.3 is 20.5 Å². The van der Waals surface area contributed by atoms with E-state index in [1.807, 2.05) is 0 Å². The number of aromatic nitrogens is 2. The van der Waals surface area contributed by atoms with Gasteiger partial charge in [-0.15, -0.1) is 0 Å². The summed E-state index contributed by atoms with van der Waals surface area (Å²) in [5, 5.41) is 2.93. The molecule has 4 N–H and O–H groups in total. The standard InChI is InChI=1S/C11H10N4O3/c12-9-4-10(16)15-11(14-9)13-6-1-2-7-8(3-6)18-5-17-7/h1-4H,5H2,(H4,12,13,14,15,16). The zero-order valence-electron chi connectivity index (χ0n) is 9.27. The Labute approximate surface area is 102 Å². The number of rotatable bonds is 2. The number of benzene rings is 1. The van der Waals surface area contributed by atoms with Gasteiger partial charge in [-0.1, -0.05) is 0 Å². The number of nitrogens with zero attached hydrogens (tertiary/aromatic N) is 1. The van der Waals surface area contributed by atoms with Gasteiger partial charge in [0.25, 0.3) is 5.56 Å². The van der Waals surface area contributed by atoms with Crippen LogP contribution in [0.4, 0.5) is 17.5 Å². The molecule has 0 amide bonds. The highest BCUT2D eigenvalue weighted by Gasteiger charge is 2.13. The molecule has 0 aliphatic carbocycles. The predicted molar refractivity (Wildman–Crippen MR) is 65.1 cm³/mol. The smallest absolute Gasteiger partial charge is 0.254 e. The summed E-state index contributed by atoms with van der Waals surface area (Å²) in [6, 6.07) is 6.53. The van der Waals surface area contributed by atoms with E-state index in [0.717, 1.165) is 0 Å². The lowest BCUT2D eigenvalue weighted by Crippen LogP contribution is -2.11. The van der Waals surface area contributed by atoms with E-state index in [0.29, 0.717) is 17.2 Å². The van der Waals surface area contributed by atoms with Gasteiger partial charge in [-0.3, -0.25) is 9.78 Å². The van der Waals surface area contributed by atoms with Crippen molar-refractivity contribution in [2.45, 2.75) is 0 Å². The first-order valence-corrected chi connectivity index (χ1v) is 5.24. The quantitative estimate of drug-likeness (QED) is 0.725. The second kappa shape index (κ2) is 3.95. The summed E-state index contributed by atoms with van der Waals surface area (Å²) in [6.45, 7) is 0.214. The Hall–Kier alpha value is -2.70. The van der Waals surface area contributed by atoms with Crippen molar-refractivity contribution < 1.29 is 9.47 Å². The zero-order chi connectivity index (χ0) is 12.5. The van der Waals surface area contributed by atoms with Crippen molar-refractivity contribution in [3.8, 4) is 11.5 Å². The average molecular weight is 246 g/mol. The van der Waals surface area contributed by atoms with Crippen LogP contribution in [-0.4, -0.2) is 16.8 Å². The Morgan fingerprint density at radius 3 is 2.94 bits per heavy atom. The second-order valence-corrected chi connectivity index (χ2v) is 3.71. The van der Waals surface area contributed by atoms with Crippen molar-refractivity contribution in [2.75, 3.05) is 17.8 Å². The maximum absolute atomic E-state index is 11.2. The lowest BCUT2D eigenvalue weighted by atomic mass is 10.3. The van der Waals surface area contributed by atoms with Gasteiger partial charge in [0.15, 0.2) is 11.5 Å². The fourth-order valence-electron chi connectivity index (χ4n) is 1.65. The normalized spacial score (nSPS) is 12.4. The van der Waals surface area contributed by atoms with Crippen molar-refractivity contribution in [3.05, 3.63) is 34.6 Å². The summed E-state index contributed by atoms with van der Waals surface area (Å²) in [5.41, 5.74) is 5.89. The highest BCUT2D eigenvalue weighted by Crippen LogP contribution is 2.34. The van der Waals surface area contributed by atoms with E-state index in [1.54, 1.807) is 18.2 Å². The highest BCUT2D eigenvalue weighted by molar-refractivity contribution is 5.60. The van der Waals surface area contributed by atoms with E-state index in [9.17, 15) is 4.79 Å². The summed E-state index contributed by atoms with van der Waals surface area (Å²) in [4.78, 5) is 17.7. The minimum Gasteiger partial charge on any atom is -0.454 e. The minimum atomic E-state index is -0.314. The molecule has 1 aromatic carbocycles. The van der Waals surface area contributed by atoms with Gasteiger partial charge in [0.05, 0.1) is 0 Å². The Morgan fingerprint density at radius 2 is 2.11 bits per heavy atom. The lowest BCUT2D eigenvalue weighted by molar-refractivity contribution is 0.174. The lowest BCUT2D eigenvalue weighted by Gasteiger charge is -2.06. The van der Waals surface area contributed by atoms with Gasteiger partial charge in [0, 0.05) is 17.8 Å². The molecule has 0 radical (unpaired) electrons. The number of ether oxygens (including phenoxy) is 2. The first-order valence-electron chi connectivity index (χ1n) is 5.24. The number of hydrogen-bond donors (Lipinski definition) is 3. The van der Waals surface area contributed by atoms with Crippen molar-refractivity contribution in [1.82, 2.24) is 9.97 Å². The molecule has 2 aromatic rings. The molecule has 92 valence electrons. The van der Waals surface area contributed by atoms with Gasteiger partial charge in [-0.25, -0.2) is 0 Å². The monoisotopic (exact) mass is 246 g/mol. The summed E-state index contributed by atoms with van der Waals surface area (Å²) in [5.74, 6) is 1.77. The average Bonchev–Trinajstić information content (AvgIpc) is 2.74. The molecule has 7 heteroatoms. The van der Waals surface area contributed by atoms with Crippen LogP contribution in [0.2, 0.25) is 0 Å². The van der Waals surface area contributed by atoms with Crippen LogP contribution in [0.5, 0.6) is 11.5 Å². The molecule has 2 heterocycles. The Kier molecular flexibility index (Phi) is 2.30. The van der Waals surface area contributed by atoms with E-state index in [1.165, 1.54) is 6.07 Å². The largest absolute Gasteiger partial charge is 0.454 e. The number of H-pyrrole nitrogens is 1. The molecule has 0 atom stereocenters. The number of nitrogens with two attached hydrogens (primary N) is 1. The van der Waals surface area contributed by atoms with Crippen molar-refractivity contribution in [2.24, 2.45) is 0 Å². The molecule has 0 saturated heterocycles. The third-order valence-corrected chi connectivity index (χ3v) is 2.40. The fourth-order valence-corrected chi connectivity index (χ4v) is 1.65. The highest BCUT2D eigenvalue weighted by atomic mass is 16.7. The molecule has 0 bridgehead atoms. The molecule has 18 heavy (non-hydrogen) atoms. The Morgan fingerprint density at radius 1 is 1.28 bits per heavy atom. The van der Waals surface area contributed by atoms with Gasteiger partial charge in [0.1, 0.15) is 5.82 Å². The third-order valence-electron chi connectivity index (χ3n) is 2.40. The molecule has 0 fully saturated rings. The summed E-state index contributed by atoms with van der Waals surface area (Å²) < 4.78 is 10.4. The topological polar surface area (TPSA) is 102 Å². The first-order chi connectivity index (χ1) is 8.70. The Bertz CT molecular complexity index is 653. The number of anilines is 3. The molecular formula is C11H10N4O3. The molecule has 1 aromatic heterocycles. The van der Waals surface area contributed by atoms with Crippen LogP contribution >= 0.6 is 0 Å². The van der Waals surface area contributed by atoms with Crippen molar-refractivity contribution in [1.29, 1.82) is 0 Å². The minimum absolute atomic E-state index is 0.155. The molecular weight excluding hydrogens is 236 g/mol. The van der Waals surface area contributed by atoms with Crippen molar-refractivity contribution in [3.63, 3.8) is 0 Å². The third kappa shape index (κ3) is 1.93. The molecule has 3 rings (SSSR count). The van der Waals surface area contributed by atoms with Crippen LogP contribution in [-0.2, 0) is 0 Å². The number of hydrogen-bond acceptors (Lipinski definition) is 6. The SMILES string of the molecule is Nc1cc(=O)[nH]c(Nc2ccc3c(c2)OCO3)n1. The number of nitrogen functional groups attached to an aromatic ring is 1. The van der Waals surface area contributed by atoms with E-state index in [4.69, 9.17) is 15.2 Å². The van der Waals surface area contributed by atoms with Gasteiger partial charge >= 0.3 is 0 Å². The van der Waals surface area contributed by atoms with Crippen LogP contribution < -0.4 is 26.1 Å². The van der Waals surface area contributed by atoms with E-state index in [2.05, 4.69) is 15.3 Å². The van der Waals surface area contributed by atoms with Gasteiger partial charge in [0.2, 0.25) is 12.7 Å². The molecule has 1 aliphatic heterocycles. The van der Waals surface area contributed by atoms with Crippen molar-refractivity contribution >= 4 is 17.5 Å². The number of aromatic amines is 1. The van der Waals surface area contributed by atoms with Crippen LogP contribution in [0.1, 0.15) is 0 Å². The number of fused-ring (bicyclic) bond motifs is 1. The van der Waals surface area contributed by atoms with Crippen LogP contribution in [0.15, 0.2) is 29.1 Å². The van der Waals surface area contributed by atoms with E-state index in [-0.39, 0.29) is 24.1 Å². The van der Waals surface area contributed by atoms with Gasteiger partial charge in [-0.2, -0.15) is 4.98 Å². The van der Waals surface area contributed by atoms with E-state index >= 15 is 0 Å². The van der Waals surface area contributed by atoms with Crippen LogP contribution in [0.25, 0.3) is 0 Å². The maximum atomic E-state index is 11.2. The molecule has 7 nitrogen and oxygen atoms in total. The zero-order valence-corrected chi connectivity index (χ0v) is 9.27. The predicted octanol–water partition coefficient (Wildman–Crippen LogP) is 0.824. The molecule has 0 saturated carbocycles. The molecule has 0 spiro atoms. The summed E-state index contributed by atoms with van der Waals surface area (Å²) in [6.07, 6.45) is 0. The Balaban J connectivity index is 1.90. The molecule has 1 aliphatic rings. The van der Waals surface area contributed by atoms with Crippen LogP contribution in [0, 0.1) is 0 Å². The summed E-state index contributed by atoms with van der Waals surface area (Å²) >= 11 is 0. The summed E-state index contributed by atoms with van der Waals surface area (Å²) in [7, 11) is 0. The maximum Gasteiger partial charge on any atom is 0.254 e. The first kappa shape index (κ1) is 10.5.